The van der Waals surface area contributed by atoms with Crippen molar-refractivity contribution < 1.29 is 4.79 Å². The molecule has 0 N–H and O–H groups in total. The van der Waals surface area contributed by atoms with Crippen LogP contribution in [0.5, 0.6) is 0 Å². The molecule has 0 aliphatic carbocycles. The van der Waals surface area contributed by atoms with Crippen LogP contribution in [-0.4, -0.2) is 20.8 Å². The summed E-state index contributed by atoms with van der Waals surface area (Å²) in [5.74, 6) is 0.0688. The average molecular weight is 231 g/mol. The van der Waals surface area contributed by atoms with E-state index in [1.165, 1.54) is 17.7 Å². The van der Waals surface area contributed by atoms with Crippen molar-refractivity contribution in [3.63, 3.8) is 0 Å². The maximum atomic E-state index is 12.1. The van der Waals surface area contributed by atoms with Crippen molar-refractivity contribution in [3.05, 3.63) is 46.2 Å². The van der Waals surface area contributed by atoms with Gasteiger partial charge in [-0.15, -0.1) is 0 Å². The van der Waals surface area contributed by atoms with Gasteiger partial charge in [-0.1, -0.05) is 0 Å². The van der Waals surface area contributed by atoms with Gasteiger partial charge in [0, 0.05) is 23.7 Å². The lowest BCUT2D eigenvalue weighted by molar-refractivity contribution is 0.0751. The van der Waals surface area contributed by atoms with Crippen LogP contribution in [0, 0.1) is 0 Å². The quantitative estimate of drug-likeness (QED) is 0.750. The van der Waals surface area contributed by atoms with Crippen LogP contribution < -0.4 is 0 Å². The zero-order valence-corrected chi connectivity index (χ0v) is 9.28. The van der Waals surface area contributed by atoms with Gasteiger partial charge in [0.2, 0.25) is 0 Å². The molecule has 16 heavy (non-hydrogen) atoms. The van der Waals surface area contributed by atoms with Crippen molar-refractivity contribution in [1.82, 2.24) is 14.9 Å². The lowest BCUT2D eigenvalue weighted by Crippen LogP contribution is -2.24. The van der Waals surface area contributed by atoms with Crippen molar-refractivity contribution >= 4 is 17.2 Å². The van der Waals surface area contributed by atoms with E-state index in [2.05, 4.69) is 9.97 Å². The third-order valence-corrected chi connectivity index (χ3v) is 3.32. The Kier molecular flexibility index (Phi) is 2.18. The smallest absolute Gasteiger partial charge is 0.255 e. The molecule has 0 atom stereocenters. The van der Waals surface area contributed by atoms with Crippen LogP contribution in [0.1, 0.15) is 21.6 Å². The van der Waals surface area contributed by atoms with E-state index in [9.17, 15) is 4.79 Å². The molecule has 1 aliphatic rings. The Bertz CT molecular complexity index is 499. The Balaban J connectivity index is 1.84. The summed E-state index contributed by atoms with van der Waals surface area (Å²) in [6, 6.07) is 1.85. The highest BCUT2D eigenvalue weighted by Gasteiger charge is 2.25. The topological polar surface area (TPSA) is 46.1 Å². The molecule has 4 nitrogen and oxygen atoms in total. The molecule has 1 aliphatic heterocycles. The molecule has 0 radical (unpaired) electrons. The van der Waals surface area contributed by atoms with Gasteiger partial charge < -0.3 is 4.90 Å². The fraction of sp³-hybridized carbons (Fsp3) is 0.182. The van der Waals surface area contributed by atoms with Crippen molar-refractivity contribution in [1.29, 1.82) is 0 Å². The van der Waals surface area contributed by atoms with Crippen molar-refractivity contribution in [2.24, 2.45) is 0 Å². The van der Waals surface area contributed by atoms with Crippen molar-refractivity contribution in [2.75, 3.05) is 0 Å². The second-order valence-corrected chi connectivity index (χ2v) is 4.45. The predicted octanol–water partition coefficient (Wildman–Crippen LogP) is 1.69. The van der Waals surface area contributed by atoms with Gasteiger partial charge in [0.15, 0.2) is 0 Å². The number of carbonyl (C=O) groups excluding carboxylic acids is 1. The van der Waals surface area contributed by atoms with E-state index in [0.717, 1.165) is 16.8 Å². The molecule has 2 aromatic heterocycles. The molecule has 1 amide bonds. The predicted molar refractivity (Wildman–Crippen MR) is 59.9 cm³/mol. The summed E-state index contributed by atoms with van der Waals surface area (Å²) < 4.78 is 0. The Morgan fingerprint density at radius 1 is 1.44 bits per heavy atom. The fourth-order valence-corrected chi connectivity index (χ4v) is 2.44. The lowest BCUT2D eigenvalue weighted by Gasteiger charge is -2.13. The average Bonchev–Trinajstić information content (AvgIpc) is 2.97. The molecule has 5 heteroatoms. The van der Waals surface area contributed by atoms with E-state index in [4.69, 9.17) is 0 Å². The minimum atomic E-state index is 0.0688. The van der Waals surface area contributed by atoms with Gasteiger partial charge in [-0.25, -0.2) is 9.97 Å². The van der Waals surface area contributed by atoms with Crippen molar-refractivity contribution in [2.45, 2.75) is 13.1 Å². The molecule has 0 bridgehead atoms. The van der Waals surface area contributed by atoms with E-state index in [1.807, 2.05) is 16.8 Å². The Labute approximate surface area is 96.6 Å². The second kappa shape index (κ2) is 3.68. The number of amides is 1. The number of carbonyl (C=O) groups is 1. The van der Waals surface area contributed by atoms with Gasteiger partial charge in [-0.2, -0.15) is 11.3 Å². The van der Waals surface area contributed by atoms with Crippen molar-refractivity contribution in [3.8, 4) is 0 Å². The monoisotopic (exact) mass is 231 g/mol. The lowest BCUT2D eigenvalue weighted by atomic mass is 10.3. The van der Waals surface area contributed by atoms with E-state index in [0.29, 0.717) is 13.1 Å². The number of nitrogens with zero attached hydrogens (tertiary/aromatic N) is 3. The molecule has 3 heterocycles. The number of thiophene rings is 1. The molecule has 2 aromatic rings. The molecular weight excluding hydrogens is 222 g/mol. The third kappa shape index (κ3) is 1.49. The van der Waals surface area contributed by atoms with E-state index in [1.54, 1.807) is 11.1 Å². The van der Waals surface area contributed by atoms with E-state index < -0.39 is 0 Å². The van der Waals surface area contributed by atoms with E-state index >= 15 is 0 Å². The summed E-state index contributed by atoms with van der Waals surface area (Å²) >= 11 is 1.54. The van der Waals surface area contributed by atoms with Gasteiger partial charge >= 0.3 is 0 Å². The first-order valence-corrected chi connectivity index (χ1v) is 5.88. The zero-order chi connectivity index (χ0) is 11.0. The van der Waals surface area contributed by atoms with Gasteiger partial charge in [-0.05, 0) is 11.4 Å². The number of rotatable bonds is 1. The van der Waals surface area contributed by atoms with Gasteiger partial charge in [-0.3, -0.25) is 4.79 Å². The van der Waals surface area contributed by atoms with Gasteiger partial charge in [0.05, 0.1) is 17.8 Å². The first-order chi connectivity index (χ1) is 7.84. The SMILES string of the molecule is O=C(c1ccsc1)N1Cc2cncnc2C1. The Hall–Kier alpha value is -1.75. The summed E-state index contributed by atoms with van der Waals surface area (Å²) in [7, 11) is 0. The summed E-state index contributed by atoms with van der Waals surface area (Å²) in [5, 5.41) is 3.78. The number of hydrogen-bond acceptors (Lipinski definition) is 4. The Morgan fingerprint density at radius 3 is 3.12 bits per heavy atom. The summed E-state index contributed by atoms with van der Waals surface area (Å²) in [5.41, 5.74) is 2.76. The number of fused-ring (bicyclic) bond motifs is 1. The zero-order valence-electron chi connectivity index (χ0n) is 8.46. The number of aromatic nitrogens is 2. The van der Waals surface area contributed by atoms with Gasteiger partial charge in [0.25, 0.3) is 5.91 Å². The van der Waals surface area contributed by atoms with Crippen LogP contribution in [0.2, 0.25) is 0 Å². The fourth-order valence-electron chi connectivity index (χ4n) is 1.81. The minimum absolute atomic E-state index is 0.0688. The van der Waals surface area contributed by atoms with Crippen LogP contribution in [0.15, 0.2) is 29.4 Å². The highest BCUT2D eigenvalue weighted by atomic mass is 32.1. The summed E-state index contributed by atoms with van der Waals surface area (Å²) in [6.07, 6.45) is 3.31. The first kappa shape index (κ1) is 9.47. The van der Waals surface area contributed by atoms with Crippen LogP contribution in [0.4, 0.5) is 0 Å². The first-order valence-electron chi connectivity index (χ1n) is 4.94. The molecule has 3 rings (SSSR count). The largest absolute Gasteiger partial charge is 0.328 e. The molecule has 80 valence electrons. The molecule has 0 fully saturated rings. The molecule has 0 aromatic carbocycles. The highest BCUT2D eigenvalue weighted by Crippen LogP contribution is 2.22. The Morgan fingerprint density at radius 2 is 2.38 bits per heavy atom. The van der Waals surface area contributed by atoms with Crippen LogP contribution in [0.25, 0.3) is 0 Å². The second-order valence-electron chi connectivity index (χ2n) is 3.67. The van der Waals surface area contributed by atoms with E-state index in [-0.39, 0.29) is 5.91 Å². The minimum Gasteiger partial charge on any atom is -0.328 e. The molecule has 0 saturated carbocycles. The molecular formula is C11H9N3OS. The molecule has 0 spiro atoms. The molecule has 0 unspecified atom stereocenters. The summed E-state index contributed by atoms with van der Waals surface area (Å²) in [4.78, 5) is 22.0. The van der Waals surface area contributed by atoms with Gasteiger partial charge in [0.1, 0.15) is 6.33 Å². The normalized spacial score (nSPS) is 13.9. The highest BCUT2D eigenvalue weighted by molar-refractivity contribution is 7.08. The summed E-state index contributed by atoms with van der Waals surface area (Å²) in [6.45, 7) is 1.21. The third-order valence-electron chi connectivity index (χ3n) is 2.64. The number of hydrogen-bond donors (Lipinski definition) is 0. The standard InChI is InChI=1S/C11H9N3OS/c15-11(8-1-2-16-6-8)14-4-9-3-12-7-13-10(9)5-14/h1-3,6-7H,4-5H2. The maximum absolute atomic E-state index is 12.1. The van der Waals surface area contributed by atoms with Crippen LogP contribution >= 0.6 is 11.3 Å². The molecule has 0 saturated heterocycles. The maximum Gasteiger partial charge on any atom is 0.255 e. The van der Waals surface area contributed by atoms with Crippen LogP contribution in [-0.2, 0) is 13.1 Å². The van der Waals surface area contributed by atoms with Crippen LogP contribution in [0.3, 0.4) is 0 Å².